The molecule has 0 radical (unpaired) electrons. The molecule has 1 fully saturated rings. The molecule has 2 amide bonds. The Morgan fingerprint density at radius 2 is 2.10 bits per heavy atom. The van der Waals surface area contributed by atoms with Crippen LogP contribution in [-0.2, 0) is 17.8 Å². The van der Waals surface area contributed by atoms with Crippen LogP contribution in [0.25, 0.3) is 0 Å². The fraction of sp³-hybridized carbons (Fsp3) is 0.524. The molecule has 7 nitrogen and oxygen atoms in total. The van der Waals surface area contributed by atoms with Crippen LogP contribution in [-0.4, -0.2) is 44.7 Å². The van der Waals surface area contributed by atoms with Gasteiger partial charge in [0.05, 0.1) is 28.7 Å². The van der Waals surface area contributed by atoms with Crippen LogP contribution in [0.15, 0.2) is 22.3 Å². The van der Waals surface area contributed by atoms with E-state index in [1.54, 1.807) is 11.0 Å². The van der Waals surface area contributed by atoms with E-state index in [4.69, 9.17) is 4.98 Å². The van der Waals surface area contributed by atoms with E-state index < -0.39 is 0 Å². The number of thiophene rings is 1. The maximum Gasteiger partial charge on any atom is 0.264 e. The van der Waals surface area contributed by atoms with Crippen molar-refractivity contribution in [3.63, 3.8) is 0 Å². The van der Waals surface area contributed by atoms with Gasteiger partial charge in [0, 0.05) is 25.4 Å². The molecule has 2 aliphatic heterocycles. The first-order valence-electron chi connectivity index (χ1n) is 10.2. The van der Waals surface area contributed by atoms with Crippen LogP contribution in [0.5, 0.6) is 0 Å². The first-order valence-corrected chi connectivity index (χ1v) is 11.1. The quantitative estimate of drug-likeness (QED) is 0.837. The average molecular weight is 415 g/mol. The Hall–Kier alpha value is -2.48. The van der Waals surface area contributed by atoms with Gasteiger partial charge in [0.2, 0.25) is 5.91 Å². The minimum Gasteiger partial charge on any atom is -0.333 e. The second kappa shape index (κ2) is 8.10. The topological polar surface area (TPSA) is 86.4 Å². The summed E-state index contributed by atoms with van der Waals surface area (Å²) in [5.41, 5.74) is 1.11. The highest BCUT2D eigenvalue weighted by Gasteiger charge is 2.33. The number of hydrogen-bond donors (Lipinski definition) is 1. The average Bonchev–Trinajstić information content (AvgIpc) is 3.27. The molecule has 4 heterocycles. The van der Waals surface area contributed by atoms with Crippen LogP contribution >= 0.6 is 11.3 Å². The highest BCUT2D eigenvalue weighted by molar-refractivity contribution is 7.12. The van der Waals surface area contributed by atoms with Crippen LogP contribution in [0.3, 0.4) is 0 Å². The van der Waals surface area contributed by atoms with Crippen LogP contribution < -0.4 is 5.56 Å². The molecule has 0 spiro atoms. The summed E-state index contributed by atoms with van der Waals surface area (Å²) in [6.07, 6.45) is 3.34. The van der Waals surface area contributed by atoms with Gasteiger partial charge in [0.1, 0.15) is 5.82 Å². The van der Waals surface area contributed by atoms with Crippen molar-refractivity contribution in [2.45, 2.75) is 52.1 Å². The van der Waals surface area contributed by atoms with Crippen molar-refractivity contribution in [1.82, 2.24) is 19.8 Å². The van der Waals surface area contributed by atoms with E-state index in [-0.39, 0.29) is 35.9 Å². The monoisotopic (exact) mass is 414 g/mol. The summed E-state index contributed by atoms with van der Waals surface area (Å²) in [7, 11) is 0. The van der Waals surface area contributed by atoms with Crippen LogP contribution in [0, 0.1) is 5.92 Å². The Morgan fingerprint density at radius 1 is 1.28 bits per heavy atom. The summed E-state index contributed by atoms with van der Waals surface area (Å²) < 4.78 is 0. The standard InChI is InChI=1S/C21H26N4O3S/c1-13(2)20(27)25-9-4-3-6-16(25)18-22-15-8-10-24(12-14(15)19(26)23-18)21(28)17-7-5-11-29-17/h5,7,11,13,16H,3-4,6,8-10,12H2,1-2H3,(H,22,23,26)/t16-/m0/s1. The van der Waals surface area contributed by atoms with E-state index in [1.807, 2.05) is 30.2 Å². The molecule has 2 aliphatic rings. The minimum absolute atomic E-state index is 0.0462. The number of H-pyrrole nitrogens is 1. The fourth-order valence-electron chi connectivity index (χ4n) is 4.14. The Kier molecular flexibility index (Phi) is 5.54. The van der Waals surface area contributed by atoms with Gasteiger partial charge >= 0.3 is 0 Å². The number of rotatable bonds is 3. The van der Waals surface area contributed by atoms with E-state index in [9.17, 15) is 14.4 Å². The third-order valence-electron chi connectivity index (χ3n) is 5.70. The minimum atomic E-state index is -0.198. The summed E-state index contributed by atoms with van der Waals surface area (Å²) in [6, 6.07) is 3.48. The first kappa shape index (κ1) is 19.8. The van der Waals surface area contributed by atoms with Gasteiger partial charge in [-0.1, -0.05) is 19.9 Å². The largest absolute Gasteiger partial charge is 0.333 e. The maximum absolute atomic E-state index is 12.9. The highest BCUT2D eigenvalue weighted by atomic mass is 32.1. The van der Waals surface area contributed by atoms with Crippen LogP contribution in [0.1, 0.15) is 65.9 Å². The Morgan fingerprint density at radius 3 is 2.83 bits per heavy atom. The zero-order valence-corrected chi connectivity index (χ0v) is 17.6. The molecular weight excluding hydrogens is 388 g/mol. The number of aromatic nitrogens is 2. The smallest absolute Gasteiger partial charge is 0.264 e. The first-order chi connectivity index (χ1) is 14.0. The molecule has 0 unspecified atom stereocenters. The Labute approximate surface area is 173 Å². The molecule has 2 aromatic heterocycles. The van der Waals surface area contributed by atoms with Gasteiger partial charge in [0.25, 0.3) is 11.5 Å². The number of aromatic amines is 1. The molecule has 4 rings (SSSR count). The lowest BCUT2D eigenvalue weighted by atomic mass is 9.98. The predicted octanol–water partition coefficient (Wildman–Crippen LogP) is 2.74. The van der Waals surface area contributed by atoms with Gasteiger partial charge in [0.15, 0.2) is 0 Å². The number of amides is 2. The lowest BCUT2D eigenvalue weighted by Crippen LogP contribution is -2.43. The Balaban J connectivity index is 1.60. The second-order valence-electron chi connectivity index (χ2n) is 8.03. The number of carbonyl (C=O) groups is 2. The number of nitrogens with one attached hydrogen (secondary N) is 1. The third-order valence-corrected chi connectivity index (χ3v) is 6.56. The fourth-order valence-corrected chi connectivity index (χ4v) is 4.83. The zero-order valence-electron chi connectivity index (χ0n) is 16.8. The molecule has 0 aromatic carbocycles. The lowest BCUT2D eigenvalue weighted by molar-refractivity contribution is -0.138. The van der Waals surface area contributed by atoms with Crippen molar-refractivity contribution >= 4 is 23.2 Å². The molecule has 2 aromatic rings. The highest BCUT2D eigenvalue weighted by Crippen LogP contribution is 2.30. The van der Waals surface area contributed by atoms with E-state index >= 15 is 0 Å². The molecule has 0 saturated carbocycles. The van der Waals surface area contributed by atoms with Crippen molar-refractivity contribution < 1.29 is 9.59 Å². The molecule has 0 bridgehead atoms. The van der Waals surface area contributed by atoms with Crippen molar-refractivity contribution in [2.24, 2.45) is 5.92 Å². The summed E-state index contributed by atoms with van der Waals surface area (Å²) in [6.45, 7) is 5.31. The second-order valence-corrected chi connectivity index (χ2v) is 8.98. The van der Waals surface area contributed by atoms with E-state index in [0.717, 1.165) is 25.0 Å². The summed E-state index contributed by atoms with van der Waals surface area (Å²) >= 11 is 1.41. The van der Waals surface area contributed by atoms with Crippen LogP contribution in [0.2, 0.25) is 0 Å². The van der Waals surface area contributed by atoms with Gasteiger partial charge in [-0.25, -0.2) is 4.98 Å². The van der Waals surface area contributed by atoms with Gasteiger partial charge in [-0.2, -0.15) is 0 Å². The lowest BCUT2D eigenvalue weighted by Gasteiger charge is -2.36. The molecule has 1 atom stereocenters. The zero-order chi connectivity index (χ0) is 20.5. The van der Waals surface area contributed by atoms with Gasteiger partial charge in [-0.3, -0.25) is 14.4 Å². The summed E-state index contributed by atoms with van der Waals surface area (Å²) in [5, 5.41) is 1.88. The van der Waals surface area contributed by atoms with E-state index in [0.29, 0.717) is 35.8 Å². The molecule has 154 valence electrons. The van der Waals surface area contributed by atoms with Crippen molar-refractivity contribution in [3.05, 3.63) is 49.8 Å². The SMILES string of the molecule is CC(C)C(=O)N1CCCC[C@H]1c1nc2c(c(=O)[nH]1)CN(C(=O)c1cccs1)CC2. The van der Waals surface area contributed by atoms with Crippen molar-refractivity contribution in [2.75, 3.05) is 13.1 Å². The van der Waals surface area contributed by atoms with E-state index in [1.165, 1.54) is 11.3 Å². The molecular formula is C21H26N4O3S. The molecule has 8 heteroatoms. The number of fused-ring (bicyclic) bond motifs is 1. The number of piperidine rings is 1. The Bertz CT molecular complexity index is 967. The van der Waals surface area contributed by atoms with Gasteiger partial charge in [-0.05, 0) is 30.7 Å². The number of nitrogens with zero attached hydrogens (tertiary/aromatic N) is 3. The number of likely N-dealkylation sites (tertiary alicyclic amines) is 1. The predicted molar refractivity (Wildman–Crippen MR) is 111 cm³/mol. The number of hydrogen-bond acceptors (Lipinski definition) is 5. The van der Waals surface area contributed by atoms with E-state index in [2.05, 4.69) is 4.98 Å². The maximum atomic E-state index is 12.9. The summed E-state index contributed by atoms with van der Waals surface area (Å²) in [5.74, 6) is 0.551. The van der Waals surface area contributed by atoms with Gasteiger partial charge < -0.3 is 14.8 Å². The van der Waals surface area contributed by atoms with Gasteiger partial charge in [-0.15, -0.1) is 11.3 Å². The molecule has 1 N–H and O–H groups in total. The summed E-state index contributed by atoms with van der Waals surface area (Å²) in [4.78, 5) is 50.1. The normalized spacial score (nSPS) is 19.3. The molecule has 1 saturated heterocycles. The number of carbonyl (C=O) groups excluding carboxylic acids is 2. The van der Waals surface area contributed by atoms with Crippen LogP contribution in [0.4, 0.5) is 0 Å². The molecule has 0 aliphatic carbocycles. The van der Waals surface area contributed by atoms with Crippen molar-refractivity contribution in [3.8, 4) is 0 Å². The van der Waals surface area contributed by atoms with Crippen molar-refractivity contribution in [1.29, 1.82) is 0 Å². The molecule has 29 heavy (non-hydrogen) atoms. The third kappa shape index (κ3) is 3.85.